The van der Waals surface area contributed by atoms with Gasteiger partial charge >= 0.3 is 5.97 Å². The van der Waals surface area contributed by atoms with E-state index in [1.165, 1.54) is 17.0 Å². The SMILES string of the molecule is O=C(O)c1ccc(N(CCO)C(=O)C2CCC2)cc1. The van der Waals surface area contributed by atoms with Crippen molar-refractivity contribution in [2.24, 2.45) is 5.92 Å². The number of amides is 1. The summed E-state index contributed by atoms with van der Waals surface area (Å²) < 4.78 is 0. The monoisotopic (exact) mass is 263 g/mol. The fraction of sp³-hybridized carbons (Fsp3) is 0.429. The van der Waals surface area contributed by atoms with Crippen LogP contribution in [0.1, 0.15) is 29.6 Å². The summed E-state index contributed by atoms with van der Waals surface area (Å²) in [6, 6.07) is 6.15. The lowest BCUT2D eigenvalue weighted by Gasteiger charge is -2.31. The maximum atomic E-state index is 12.2. The molecule has 0 radical (unpaired) electrons. The third kappa shape index (κ3) is 2.93. The van der Waals surface area contributed by atoms with Crippen LogP contribution in [0.15, 0.2) is 24.3 Å². The minimum atomic E-state index is -0.995. The normalized spacial score (nSPS) is 14.8. The Hall–Kier alpha value is -1.88. The van der Waals surface area contributed by atoms with Crippen molar-refractivity contribution in [3.63, 3.8) is 0 Å². The number of rotatable bonds is 5. The van der Waals surface area contributed by atoms with Gasteiger partial charge in [0.05, 0.1) is 12.2 Å². The van der Waals surface area contributed by atoms with Crippen LogP contribution in [0.3, 0.4) is 0 Å². The highest BCUT2D eigenvalue weighted by Crippen LogP contribution is 2.30. The van der Waals surface area contributed by atoms with E-state index in [1.54, 1.807) is 12.1 Å². The van der Waals surface area contributed by atoms with Crippen molar-refractivity contribution in [1.82, 2.24) is 0 Å². The van der Waals surface area contributed by atoms with Gasteiger partial charge < -0.3 is 15.1 Å². The minimum Gasteiger partial charge on any atom is -0.478 e. The number of carbonyl (C=O) groups excluding carboxylic acids is 1. The summed E-state index contributed by atoms with van der Waals surface area (Å²) >= 11 is 0. The van der Waals surface area contributed by atoms with Crippen molar-refractivity contribution in [2.75, 3.05) is 18.1 Å². The fourth-order valence-electron chi connectivity index (χ4n) is 2.13. The Bertz CT molecular complexity index is 465. The number of carbonyl (C=O) groups is 2. The van der Waals surface area contributed by atoms with Gasteiger partial charge in [-0.15, -0.1) is 0 Å². The maximum Gasteiger partial charge on any atom is 0.335 e. The smallest absolute Gasteiger partial charge is 0.335 e. The van der Waals surface area contributed by atoms with Gasteiger partial charge in [-0.2, -0.15) is 0 Å². The van der Waals surface area contributed by atoms with E-state index in [2.05, 4.69) is 0 Å². The Morgan fingerprint density at radius 2 is 1.84 bits per heavy atom. The Labute approximate surface area is 111 Å². The summed E-state index contributed by atoms with van der Waals surface area (Å²) in [5, 5.41) is 17.9. The van der Waals surface area contributed by atoms with Gasteiger partial charge in [-0.3, -0.25) is 4.79 Å². The van der Waals surface area contributed by atoms with Crippen LogP contribution in [0.4, 0.5) is 5.69 Å². The molecule has 0 heterocycles. The summed E-state index contributed by atoms with van der Waals surface area (Å²) in [5.41, 5.74) is 0.819. The molecule has 1 aliphatic rings. The molecular formula is C14H17NO4. The maximum absolute atomic E-state index is 12.2. The lowest BCUT2D eigenvalue weighted by atomic mass is 9.84. The van der Waals surface area contributed by atoms with Crippen LogP contribution in [-0.4, -0.2) is 35.2 Å². The van der Waals surface area contributed by atoms with Gasteiger partial charge in [0, 0.05) is 18.2 Å². The molecule has 5 nitrogen and oxygen atoms in total. The minimum absolute atomic E-state index is 0.0170. The second kappa shape index (κ2) is 5.84. The Morgan fingerprint density at radius 3 is 2.26 bits per heavy atom. The molecule has 5 heteroatoms. The van der Waals surface area contributed by atoms with Crippen LogP contribution < -0.4 is 4.90 Å². The molecule has 0 aromatic heterocycles. The van der Waals surface area contributed by atoms with Gasteiger partial charge in [-0.25, -0.2) is 4.79 Å². The first-order valence-corrected chi connectivity index (χ1v) is 6.39. The number of aliphatic hydroxyl groups is 1. The van der Waals surface area contributed by atoms with Gasteiger partial charge in [-0.1, -0.05) is 6.42 Å². The number of nitrogens with zero attached hydrogens (tertiary/aromatic N) is 1. The number of benzene rings is 1. The molecule has 0 aliphatic heterocycles. The molecule has 1 aromatic carbocycles. The Kier molecular flexibility index (Phi) is 4.16. The highest BCUT2D eigenvalue weighted by Gasteiger charge is 2.29. The summed E-state index contributed by atoms with van der Waals surface area (Å²) in [6.07, 6.45) is 2.86. The molecule has 0 bridgehead atoms. The predicted octanol–water partition coefficient (Wildman–Crippen LogP) is 1.51. The average Bonchev–Trinajstić information content (AvgIpc) is 2.34. The van der Waals surface area contributed by atoms with Crippen molar-refractivity contribution >= 4 is 17.6 Å². The van der Waals surface area contributed by atoms with E-state index in [1.807, 2.05) is 0 Å². The van der Waals surface area contributed by atoms with Gasteiger partial charge in [0.15, 0.2) is 0 Å². The molecule has 1 aromatic rings. The zero-order chi connectivity index (χ0) is 13.8. The summed E-state index contributed by atoms with van der Waals surface area (Å²) in [5.74, 6) is -0.931. The zero-order valence-electron chi connectivity index (χ0n) is 10.6. The first-order chi connectivity index (χ1) is 9.13. The number of aromatic carboxylic acids is 1. The van der Waals surface area contributed by atoms with Gasteiger partial charge in [0.1, 0.15) is 0 Å². The Balaban J connectivity index is 2.17. The van der Waals surface area contributed by atoms with Crippen LogP contribution in [0.2, 0.25) is 0 Å². The van der Waals surface area contributed by atoms with Crippen LogP contribution in [0.25, 0.3) is 0 Å². The van der Waals surface area contributed by atoms with Crippen LogP contribution >= 0.6 is 0 Å². The van der Waals surface area contributed by atoms with E-state index in [0.29, 0.717) is 5.69 Å². The number of carboxylic acid groups (broad SMARTS) is 1. The summed E-state index contributed by atoms with van der Waals surface area (Å²) in [7, 11) is 0. The third-order valence-electron chi connectivity index (χ3n) is 3.47. The molecule has 0 saturated heterocycles. The van der Waals surface area contributed by atoms with Crippen LogP contribution in [0.5, 0.6) is 0 Å². The van der Waals surface area contributed by atoms with Crippen molar-refractivity contribution in [3.8, 4) is 0 Å². The van der Waals surface area contributed by atoms with Gasteiger partial charge in [0.25, 0.3) is 0 Å². The van der Waals surface area contributed by atoms with E-state index in [9.17, 15) is 9.59 Å². The molecule has 1 saturated carbocycles. The molecule has 0 spiro atoms. The number of hydrogen-bond donors (Lipinski definition) is 2. The molecule has 1 amide bonds. The Morgan fingerprint density at radius 1 is 1.21 bits per heavy atom. The second-order valence-electron chi connectivity index (χ2n) is 4.69. The lowest BCUT2D eigenvalue weighted by molar-refractivity contribution is -0.124. The highest BCUT2D eigenvalue weighted by atomic mass is 16.4. The van der Waals surface area contributed by atoms with E-state index in [0.717, 1.165) is 19.3 Å². The van der Waals surface area contributed by atoms with Crippen LogP contribution in [-0.2, 0) is 4.79 Å². The lowest BCUT2D eigenvalue weighted by Crippen LogP contribution is -2.40. The average molecular weight is 263 g/mol. The first kappa shape index (κ1) is 13.5. The topological polar surface area (TPSA) is 77.8 Å². The standard InChI is InChI=1S/C14H17NO4/c16-9-8-15(13(17)10-2-1-3-10)12-6-4-11(5-7-12)14(18)19/h4-7,10,16H,1-3,8-9H2,(H,18,19). The molecule has 0 unspecified atom stereocenters. The van der Waals surface area contributed by atoms with Crippen molar-refractivity contribution < 1.29 is 19.8 Å². The number of aliphatic hydroxyl groups excluding tert-OH is 1. The van der Waals surface area contributed by atoms with Gasteiger partial charge in [-0.05, 0) is 37.1 Å². The van der Waals surface area contributed by atoms with Crippen LogP contribution in [0, 0.1) is 5.92 Å². The fourth-order valence-corrected chi connectivity index (χ4v) is 2.13. The van der Waals surface area contributed by atoms with Crippen molar-refractivity contribution in [3.05, 3.63) is 29.8 Å². The number of hydrogen-bond acceptors (Lipinski definition) is 3. The molecule has 2 N–H and O–H groups in total. The van der Waals surface area contributed by atoms with Crippen molar-refractivity contribution in [1.29, 1.82) is 0 Å². The second-order valence-corrected chi connectivity index (χ2v) is 4.69. The molecule has 19 heavy (non-hydrogen) atoms. The quantitative estimate of drug-likeness (QED) is 0.844. The molecule has 1 fully saturated rings. The third-order valence-corrected chi connectivity index (χ3v) is 3.47. The van der Waals surface area contributed by atoms with E-state index < -0.39 is 5.97 Å². The zero-order valence-corrected chi connectivity index (χ0v) is 10.6. The molecule has 0 atom stereocenters. The largest absolute Gasteiger partial charge is 0.478 e. The van der Waals surface area contributed by atoms with Crippen molar-refractivity contribution in [2.45, 2.75) is 19.3 Å². The first-order valence-electron chi connectivity index (χ1n) is 6.39. The van der Waals surface area contributed by atoms with Gasteiger partial charge in [0.2, 0.25) is 5.91 Å². The predicted molar refractivity (Wildman–Crippen MR) is 70.2 cm³/mol. The number of carboxylic acids is 1. The van der Waals surface area contributed by atoms with E-state index in [4.69, 9.17) is 10.2 Å². The highest BCUT2D eigenvalue weighted by molar-refractivity contribution is 5.96. The summed E-state index contributed by atoms with van der Waals surface area (Å²) in [6.45, 7) is 0.126. The molecular weight excluding hydrogens is 246 g/mol. The molecule has 2 rings (SSSR count). The van der Waals surface area contributed by atoms with E-state index >= 15 is 0 Å². The van der Waals surface area contributed by atoms with E-state index in [-0.39, 0.29) is 30.5 Å². The molecule has 1 aliphatic carbocycles. The summed E-state index contributed by atoms with van der Waals surface area (Å²) in [4.78, 5) is 24.6. The number of anilines is 1. The molecule has 102 valence electrons.